The second-order valence-electron chi connectivity index (χ2n) is 3.93. The van der Waals surface area contributed by atoms with Crippen molar-refractivity contribution in [2.24, 2.45) is 5.41 Å². The molecule has 0 unspecified atom stereocenters. The van der Waals surface area contributed by atoms with Crippen LogP contribution in [0.3, 0.4) is 0 Å². The molecule has 0 aliphatic heterocycles. The van der Waals surface area contributed by atoms with Crippen molar-refractivity contribution in [2.75, 3.05) is 14.1 Å². The highest BCUT2D eigenvalue weighted by molar-refractivity contribution is 5.14. The number of hydrogen-bond donors (Lipinski definition) is 0. The van der Waals surface area contributed by atoms with Crippen molar-refractivity contribution in [3.63, 3.8) is 0 Å². The fourth-order valence-corrected chi connectivity index (χ4v) is 1.18. The number of nitrogens with zero attached hydrogens (tertiary/aromatic N) is 1. The van der Waals surface area contributed by atoms with E-state index in [0.717, 1.165) is 0 Å². The van der Waals surface area contributed by atoms with Crippen molar-refractivity contribution in [1.82, 2.24) is 4.90 Å². The topological polar surface area (TPSA) is 3.24 Å². The summed E-state index contributed by atoms with van der Waals surface area (Å²) in [6.07, 6.45) is 3.89. The lowest BCUT2D eigenvalue weighted by molar-refractivity contribution is 0.353. The van der Waals surface area contributed by atoms with E-state index in [-0.39, 0.29) is 5.41 Å². The van der Waals surface area contributed by atoms with Gasteiger partial charge in [-0.05, 0) is 6.08 Å². The van der Waals surface area contributed by atoms with Crippen LogP contribution in [0.5, 0.6) is 0 Å². The summed E-state index contributed by atoms with van der Waals surface area (Å²) in [5, 5.41) is 0. The van der Waals surface area contributed by atoms with Gasteiger partial charge in [-0.2, -0.15) is 0 Å². The van der Waals surface area contributed by atoms with Crippen LogP contribution < -0.4 is 0 Å². The minimum absolute atomic E-state index is 0.206. The van der Waals surface area contributed by atoms with Gasteiger partial charge in [-0.25, -0.2) is 0 Å². The summed E-state index contributed by atoms with van der Waals surface area (Å²) in [4.78, 5) is 2.13. The Bertz CT molecular complexity index is 158. The van der Waals surface area contributed by atoms with Crippen molar-refractivity contribution >= 4 is 0 Å². The molecule has 0 aromatic heterocycles. The van der Waals surface area contributed by atoms with Gasteiger partial charge < -0.3 is 4.90 Å². The van der Waals surface area contributed by atoms with Gasteiger partial charge >= 0.3 is 0 Å². The van der Waals surface area contributed by atoms with Gasteiger partial charge in [0.15, 0.2) is 0 Å². The third-order valence-electron chi connectivity index (χ3n) is 1.53. The Morgan fingerprint density at radius 2 is 1.73 bits per heavy atom. The van der Waals surface area contributed by atoms with E-state index in [1.165, 1.54) is 5.70 Å². The summed E-state index contributed by atoms with van der Waals surface area (Å²) in [6.45, 7) is 10.3. The molecule has 0 amide bonds. The molecule has 0 radical (unpaired) electrons. The molecule has 0 saturated heterocycles. The molecular weight excluding hydrogens is 134 g/mol. The van der Waals surface area contributed by atoms with Crippen LogP contribution in [0.4, 0.5) is 0 Å². The molecule has 0 fully saturated rings. The van der Waals surface area contributed by atoms with Gasteiger partial charge in [-0.3, -0.25) is 0 Å². The normalized spacial score (nSPS) is 13.0. The van der Waals surface area contributed by atoms with Crippen molar-refractivity contribution < 1.29 is 0 Å². The largest absolute Gasteiger partial charge is 0.381 e. The molecule has 0 atom stereocenters. The van der Waals surface area contributed by atoms with E-state index in [9.17, 15) is 0 Å². The van der Waals surface area contributed by atoms with Gasteiger partial charge in [0.2, 0.25) is 0 Å². The van der Waals surface area contributed by atoms with Crippen LogP contribution in [0, 0.1) is 5.41 Å². The van der Waals surface area contributed by atoms with Crippen LogP contribution in [0.15, 0.2) is 24.4 Å². The Kier molecular flexibility index (Phi) is 3.37. The van der Waals surface area contributed by atoms with E-state index in [2.05, 4.69) is 52.4 Å². The number of allylic oxidation sites excluding steroid dienone is 3. The summed E-state index contributed by atoms with van der Waals surface area (Å²) in [5.41, 5.74) is 1.50. The molecule has 0 N–H and O–H groups in total. The molecular formula is C10H19N. The van der Waals surface area contributed by atoms with Gasteiger partial charge in [0.05, 0.1) is 0 Å². The molecule has 0 aromatic carbocycles. The lowest BCUT2D eigenvalue weighted by atomic mass is 9.91. The highest BCUT2D eigenvalue weighted by Crippen LogP contribution is 2.26. The summed E-state index contributed by atoms with van der Waals surface area (Å²) >= 11 is 0. The molecule has 0 rings (SSSR count). The number of hydrogen-bond acceptors (Lipinski definition) is 1. The first-order chi connectivity index (χ1) is 4.89. The minimum Gasteiger partial charge on any atom is -0.381 e. The SMILES string of the molecule is C=C/C=C(\N(C)C)C(C)(C)C. The van der Waals surface area contributed by atoms with Crippen molar-refractivity contribution in [3.05, 3.63) is 24.4 Å². The quantitative estimate of drug-likeness (QED) is 0.551. The van der Waals surface area contributed by atoms with E-state index < -0.39 is 0 Å². The van der Waals surface area contributed by atoms with Crippen LogP contribution in [0.2, 0.25) is 0 Å². The predicted octanol–water partition coefficient (Wildman–Crippen LogP) is 2.66. The Morgan fingerprint density at radius 3 is 1.82 bits per heavy atom. The Hall–Kier alpha value is -0.720. The van der Waals surface area contributed by atoms with E-state index in [1.54, 1.807) is 0 Å². The smallest absolute Gasteiger partial charge is 0.0182 e. The van der Waals surface area contributed by atoms with E-state index in [4.69, 9.17) is 0 Å². The molecule has 1 nitrogen and oxygen atoms in total. The summed E-state index contributed by atoms with van der Waals surface area (Å²) in [5.74, 6) is 0. The molecule has 0 spiro atoms. The fraction of sp³-hybridized carbons (Fsp3) is 0.600. The Morgan fingerprint density at radius 1 is 1.27 bits per heavy atom. The van der Waals surface area contributed by atoms with Crippen LogP contribution >= 0.6 is 0 Å². The minimum atomic E-state index is 0.206. The maximum atomic E-state index is 3.69. The molecule has 0 saturated carbocycles. The van der Waals surface area contributed by atoms with Crippen molar-refractivity contribution in [3.8, 4) is 0 Å². The Balaban J connectivity index is 4.62. The maximum Gasteiger partial charge on any atom is 0.0182 e. The number of rotatable bonds is 2. The van der Waals surface area contributed by atoms with Gasteiger partial charge in [0.1, 0.15) is 0 Å². The standard InChI is InChI=1S/C10H19N/c1-7-8-9(11(5)6)10(2,3)4/h7-8H,1H2,2-6H3/b9-8-. The highest BCUT2D eigenvalue weighted by Gasteiger charge is 2.17. The molecule has 0 heterocycles. The molecule has 64 valence electrons. The molecule has 11 heavy (non-hydrogen) atoms. The average Bonchev–Trinajstić information content (AvgIpc) is 1.79. The van der Waals surface area contributed by atoms with Crippen LogP contribution in [-0.4, -0.2) is 19.0 Å². The van der Waals surface area contributed by atoms with Gasteiger partial charge in [0, 0.05) is 25.2 Å². The molecule has 1 heteroatoms. The van der Waals surface area contributed by atoms with Crippen LogP contribution in [0.1, 0.15) is 20.8 Å². The first-order valence-electron chi connectivity index (χ1n) is 3.90. The van der Waals surface area contributed by atoms with Crippen molar-refractivity contribution in [1.29, 1.82) is 0 Å². The van der Waals surface area contributed by atoms with Crippen LogP contribution in [-0.2, 0) is 0 Å². The molecule has 0 bridgehead atoms. The first kappa shape index (κ1) is 10.3. The average molecular weight is 153 g/mol. The monoisotopic (exact) mass is 153 g/mol. The zero-order valence-electron chi connectivity index (χ0n) is 8.31. The summed E-state index contributed by atoms with van der Waals surface area (Å²) in [6, 6.07) is 0. The highest BCUT2D eigenvalue weighted by atomic mass is 15.1. The second-order valence-corrected chi connectivity index (χ2v) is 3.93. The predicted molar refractivity (Wildman–Crippen MR) is 51.4 cm³/mol. The second kappa shape index (κ2) is 3.61. The Labute approximate surface area is 70.4 Å². The third-order valence-corrected chi connectivity index (χ3v) is 1.53. The maximum absolute atomic E-state index is 3.69. The zero-order chi connectivity index (χ0) is 9.07. The van der Waals surface area contributed by atoms with Gasteiger partial charge in [0.25, 0.3) is 0 Å². The van der Waals surface area contributed by atoms with E-state index in [1.807, 2.05) is 6.08 Å². The summed E-state index contributed by atoms with van der Waals surface area (Å²) < 4.78 is 0. The van der Waals surface area contributed by atoms with E-state index in [0.29, 0.717) is 0 Å². The third kappa shape index (κ3) is 3.26. The zero-order valence-corrected chi connectivity index (χ0v) is 8.31. The lowest BCUT2D eigenvalue weighted by Gasteiger charge is -2.29. The first-order valence-corrected chi connectivity index (χ1v) is 3.90. The van der Waals surface area contributed by atoms with Crippen molar-refractivity contribution in [2.45, 2.75) is 20.8 Å². The van der Waals surface area contributed by atoms with E-state index >= 15 is 0 Å². The summed E-state index contributed by atoms with van der Waals surface area (Å²) in [7, 11) is 4.11. The van der Waals surface area contributed by atoms with Gasteiger partial charge in [-0.1, -0.05) is 33.4 Å². The van der Waals surface area contributed by atoms with Crippen LogP contribution in [0.25, 0.3) is 0 Å². The lowest BCUT2D eigenvalue weighted by Crippen LogP contribution is -2.23. The molecule has 0 aliphatic carbocycles. The fourth-order valence-electron chi connectivity index (χ4n) is 1.18. The molecule has 0 aromatic rings. The van der Waals surface area contributed by atoms with Gasteiger partial charge in [-0.15, -0.1) is 0 Å². The molecule has 0 aliphatic rings.